The maximum absolute atomic E-state index is 10.3. The van der Waals surface area contributed by atoms with E-state index >= 15 is 0 Å². The number of phenolic OH excluding ortho intramolecular Hbond substituents is 2. The van der Waals surface area contributed by atoms with Gasteiger partial charge in [0.05, 0.1) is 11.4 Å². The van der Waals surface area contributed by atoms with Gasteiger partial charge < -0.3 is 10.2 Å². The van der Waals surface area contributed by atoms with Gasteiger partial charge in [-0.05, 0) is 63.1 Å². The summed E-state index contributed by atoms with van der Waals surface area (Å²) in [5, 5.41) is 20.7. The van der Waals surface area contributed by atoms with Gasteiger partial charge in [-0.2, -0.15) is 0 Å². The van der Waals surface area contributed by atoms with Gasteiger partial charge in [-0.3, -0.25) is 9.98 Å². The number of aromatic hydroxyl groups is 2. The van der Waals surface area contributed by atoms with Gasteiger partial charge in [0.25, 0.3) is 0 Å². The molecule has 3 aromatic rings. The summed E-state index contributed by atoms with van der Waals surface area (Å²) in [4.78, 5) is 9.41. The fraction of sp³-hybridized carbons (Fsp3) is 0.167. The number of aliphatic imine (C=N–C) groups is 2. The number of hydrogen-bond donors (Lipinski definition) is 2. The zero-order valence-corrected chi connectivity index (χ0v) is 20.9. The summed E-state index contributed by atoms with van der Waals surface area (Å²) in [7, 11) is 9.78. The average Bonchev–Trinajstić information content (AvgIpc) is 2.74. The Morgan fingerprint density at radius 2 is 1.03 bits per heavy atom. The molecule has 4 nitrogen and oxygen atoms in total. The molecule has 7 heteroatoms. The molecule has 0 atom stereocenters. The minimum atomic E-state index is -0.556. The Morgan fingerprint density at radius 1 is 0.677 bits per heavy atom. The van der Waals surface area contributed by atoms with Crippen LogP contribution in [0.15, 0.2) is 70.6 Å². The van der Waals surface area contributed by atoms with Crippen molar-refractivity contribution in [1.29, 1.82) is 0 Å². The third-order valence-electron chi connectivity index (χ3n) is 4.71. The summed E-state index contributed by atoms with van der Waals surface area (Å²) >= 11 is -0.556. The molecule has 31 heavy (non-hydrogen) atoms. The van der Waals surface area contributed by atoms with E-state index < -0.39 is 17.0 Å². The van der Waals surface area contributed by atoms with Crippen LogP contribution in [0.5, 0.6) is 11.5 Å². The second-order valence-electron chi connectivity index (χ2n) is 6.90. The van der Waals surface area contributed by atoms with Gasteiger partial charge in [0.15, 0.2) is 0 Å². The van der Waals surface area contributed by atoms with Crippen molar-refractivity contribution >= 4 is 41.4 Å². The average molecular weight is 491 g/mol. The zero-order valence-electron chi connectivity index (χ0n) is 17.8. The summed E-state index contributed by atoms with van der Waals surface area (Å²) in [5.74, 6) is 0.483. The van der Waals surface area contributed by atoms with Gasteiger partial charge in [0.1, 0.15) is 11.5 Å². The Hall–Kier alpha value is -2.11. The van der Waals surface area contributed by atoms with E-state index in [0.29, 0.717) is 33.9 Å². The molecule has 0 aliphatic carbocycles. The molecule has 160 valence electrons. The van der Waals surface area contributed by atoms with Crippen LogP contribution in [-0.4, -0.2) is 21.6 Å². The van der Waals surface area contributed by atoms with E-state index in [1.165, 1.54) is 0 Å². The predicted molar refractivity (Wildman–Crippen MR) is 128 cm³/mol. The number of aryl methyl sites for hydroxylation is 2. The van der Waals surface area contributed by atoms with E-state index in [4.69, 9.17) is 28.6 Å². The van der Waals surface area contributed by atoms with E-state index in [-0.39, 0.29) is 11.5 Å². The van der Waals surface area contributed by atoms with Crippen LogP contribution in [0, 0.1) is 13.8 Å². The van der Waals surface area contributed by atoms with Gasteiger partial charge in [-0.15, -0.1) is 0 Å². The molecule has 3 rings (SSSR count). The molecule has 0 fully saturated rings. The van der Waals surface area contributed by atoms with Crippen LogP contribution in [0.25, 0.3) is 0 Å². The maximum atomic E-state index is 10.3. The van der Waals surface area contributed by atoms with E-state index in [0.717, 1.165) is 11.1 Å². The number of phenols is 2. The van der Waals surface area contributed by atoms with Crippen molar-refractivity contribution in [2.75, 3.05) is 0 Å². The Bertz CT molecular complexity index is 1030. The first-order valence-electron chi connectivity index (χ1n) is 9.53. The first-order valence-corrected chi connectivity index (χ1v) is 13.8. The molecule has 0 bridgehead atoms. The van der Waals surface area contributed by atoms with Crippen molar-refractivity contribution in [3.63, 3.8) is 0 Å². The molecule has 0 aliphatic heterocycles. The number of nitrogens with zero attached hydrogens (tertiary/aromatic N) is 2. The topological polar surface area (TPSA) is 65.2 Å². The number of benzene rings is 3. The van der Waals surface area contributed by atoms with Crippen LogP contribution in [0.3, 0.4) is 0 Å². The van der Waals surface area contributed by atoms with Crippen molar-refractivity contribution < 1.29 is 27.2 Å². The quantitative estimate of drug-likeness (QED) is 0.296. The third-order valence-corrected chi connectivity index (χ3v) is 4.71. The molecule has 0 heterocycles. The molecule has 0 saturated heterocycles. The predicted octanol–water partition coefficient (Wildman–Crippen LogP) is 7.37. The number of para-hydroxylation sites is 4. The standard InChI is InChI=1S/C24H24N2O2.2ClH.Ti/c1-15-9-7-11-19(23(15)27)17(3)25-21-13-5-6-14-22(21)26-18(4)20-12-8-10-16(2)24(20)28;;;/h5-14,27-28H,1-4H3;2*1H;/q;;;+2/p-2. The second-order valence-corrected chi connectivity index (χ2v) is 9.48. The molecule has 0 radical (unpaired) electrons. The van der Waals surface area contributed by atoms with Crippen LogP contribution in [0.2, 0.25) is 0 Å². The molecule has 0 saturated carbocycles. The summed E-state index contributed by atoms with van der Waals surface area (Å²) in [6.45, 7) is 7.46. The van der Waals surface area contributed by atoms with Gasteiger partial charge in [0.2, 0.25) is 0 Å². The Labute approximate surface area is 200 Å². The summed E-state index contributed by atoms with van der Waals surface area (Å²) in [5.41, 5.74) is 5.84. The first kappa shape index (κ1) is 25.2. The Balaban J connectivity index is 0.00000107. The molecule has 0 unspecified atom stereocenters. The van der Waals surface area contributed by atoms with Gasteiger partial charge >= 0.3 is 35.6 Å². The van der Waals surface area contributed by atoms with Gasteiger partial charge in [-0.25, -0.2) is 0 Å². The Kier molecular flexibility index (Phi) is 9.79. The van der Waals surface area contributed by atoms with Crippen LogP contribution >= 0.6 is 18.6 Å². The van der Waals surface area contributed by atoms with Crippen molar-refractivity contribution in [2.24, 2.45) is 9.98 Å². The molecule has 0 spiro atoms. The molecule has 3 aromatic carbocycles. The first-order chi connectivity index (χ1) is 14.8. The molecule has 2 N–H and O–H groups in total. The van der Waals surface area contributed by atoms with Gasteiger partial charge in [0, 0.05) is 22.6 Å². The van der Waals surface area contributed by atoms with Crippen molar-refractivity contribution in [3.8, 4) is 11.5 Å². The Morgan fingerprint density at radius 3 is 1.39 bits per heavy atom. The number of hydrogen-bond acceptors (Lipinski definition) is 4. The molecule has 0 aromatic heterocycles. The molecule has 0 aliphatic rings. The van der Waals surface area contributed by atoms with E-state index in [1.54, 1.807) is 0 Å². The summed E-state index contributed by atoms with van der Waals surface area (Å²) < 4.78 is 0. The number of rotatable bonds is 4. The minimum absolute atomic E-state index is 0.241. The van der Waals surface area contributed by atoms with Crippen LogP contribution < -0.4 is 0 Å². The molecule has 0 amide bonds. The van der Waals surface area contributed by atoms with Crippen LogP contribution in [0.1, 0.15) is 36.1 Å². The second kappa shape index (κ2) is 12.1. The van der Waals surface area contributed by atoms with Crippen molar-refractivity contribution in [3.05, 3.63) is 82.9 Å². The monoisotopic (exact) mass is 490 g/mol. The molecular weight excluding hydrogens is 467 g/mol. The molecular formula is C24H24Cl2N2O2Ti. The van der Waals surface area contributed by atoms with Crippen LogP contribution in [0.4, 0.5) is 11.4 Å². The SMILES string of the molecule is CC(=Nc1ccccc1N=C(C)c1cccc(C)c1O)c1cccc(C)c1O.[Cl][Ti][Cl]. The normalized spacial score (nSPS) is 11.5. The fourth-order valence-electron chi connectivity index (χ4n) is 3.04. The van der Waals surface area contributed by atoms with E-state index in [2.05, 4.69) is 0 Å². The fourth-order valence-corrected chi connectivity index (χ4v) is 3.04. The summed E-state index contributed by atoms with van der Waals surface area (Å²) in [6, 6.07) is 18.8. The van der Waals surface area contributed by atoms with Crippen LogP contribution in [-0.2, 0) is 17.0 Å². The summed E-state index contributed by atoms with van der Waals surface area (Å²) in [6.07, 6.45) is 0. The number of halogens is 2. The van der Waals surface area contributed by atoms with E-state index in [1.807, 2.05) is 88.4 Å². The zero-order chi connectivity index (χ0) is 23.0. The van der Waals surface area contributed by atoms with Crippen molar-refractivity contribution in [2.45, 2.75) is 27.7 Å². The van der Waals surface area contributed by atoms with Crippen molar-refractivity contribution in [1.82, 2.24) is 0 Å². The van der Waals surface area contributed by atoms with Gasteiger partial charge in [-0.1, -0.05) is 36.4 Å². The third kappa shape index (κ3) is 6.69. The van der Waals surface area contributed by atoms with E-state index in [9.17, 15) is 10.2 Å².